The van der Waals surface area contributed by atoms with Crippen LogP contribution in [0.2, 0.25) is 5.02 Å². The van der Waals surface area contributed by atoms with Crippen LogP contribution >= 0.6 is 46.9 Å². The average molecular weight is 557 g/mol. The van der Waals surface area contributed by atoms with E-state index in [0.717, 1.165) is 41.5 Å². The Morgan fingerprint density at radius 3 is 2.89 bits per heavy atom. The van der Waals surface area contributed by atoms with Crippen molar-refractivity contribution in [2.45, 2.75) is 23.2 Å². The number of nitrogens with zero attached hydrogens (tertiary/aromatic N) is 3. The fraction of sp³-hybridized carbons (Fsp3) is 0.375. The number of pyridine rings is 1. The summed E-state index contributed by atoms with van der Waals surface area (Å²) in [7, 11) is -1.96. The minimum absolute atomic E-state index is 0. The SMILES string of the molecule is CN=C(NCc1ccc(S(N)(=O)=O)s1)NC1CCN(c2ncccc2Cl)C1.I. The summed E-state index contributed by atoms with van der Waals surface area (Å²) in [6.45, 7) is 2.09. The summed E-state index contributed by atoms with van der Waals surface area (Å²) in [4.78, 5) is 11.6. The first kappa shape index (κ1) is 23.1. The van der Waals surface area contributed by atoms with Crippen LogP contribution < -0.4 is 20.7 Å². The van der Waals surface area contributed by atoms with E-state index in [1.165, 1.54) is 6.07 Å². The first-order valence-corrected chi connectivity index (χ1v) is 11.0. The van der Waals surface area contributed by atoms with Gasteiger partial charge in [-0.15, -0.1) is 35.3 Å². The molecule has 0 spiro atoms. The maximum Gasteiger partial charge on any atom is 0.247 e. The molecule has 154 valence electrons. The van der Waals surface area contributed by atoms with E-state index in [2.05, 4.69) is 25.5 Å². The van der Waals surface area contributed by atoms with E-state index in [1.54, 1.807) is 19.3 Å². The Morgan fingerprint density at radius 2 is 2.25 bits per heavy atom. The maximum atomic E-state index is 11.4. The molecule has 1 unspecified atom stereocenters. The zero-order valence-electron chi connectivity index (χ0n) is 15.1. The molecule has 3 heterocycles. The first-order chi connectivity index (χ1) is 12.9. The molecule has 1 aliphatic rings. The summed E-state index contributed by atoms with van der Waals surface area (Å²) in [5.41, 5.74) is 0. The lowest BCUT2D eigenvalue weighted by atomic mass is 10.3. The summed E-state index contributed by atoms with van der Waals surface area (Å²) in [6, 6.07) is 7.11. The van der Waals surface area contributed by atoms with Gasteiger partial charge in [0.1, 0.15) is 10.0 Å². The summed E-state index contributed by atoms with van der Waals surface area (Å²) < 4.78 is 22.9. The number of anilines is 1. The van der Waals surface area contributed by atoms with Crippen LogP contribution in [0.3, 0.4) is 0 Å². The number of halogens is 2. The largest absolute Gasteiger partial charge is 0.353 e. The third-order valence-electron chi connectivity index (χ3n) is 4.14. The van der Waals surface area contributed by atoms with Crippen LogP contribution in [0.5, 0.6) is 0 Å². The second-order valence-electron chi connectivity index (χ2n) is 6.08. The second-order valence-corrected chi connectivity index (χ2v) is 9.44. The Labute approximate surface area is 190 Å². The number of nitrogens with one attached hydrogen (secondary N) is 2. The highest BCUT2D eigenvalue weighted by Gasteiger charge is 2.25. The Hall–Kier alpha value is -1.15. The maximum absolute atomic E-state index is 11.4. The monoisotopic (exact) mass is 556 g/mol. The highest BCUT2D eigenvalue weighted by atomic mass is 127. The third-order valence-corrected chi connectivity index (χ3v) is 6.96. The van der Waals surface area contributed by atoms with Gasteiger partial charge in [-0.05, 0) is 30.7 Å². The smallest absolute Gasteiger partial charge is 0.247 e. The molecule has 0 bridgehead atoms. The summed E-state index contributed by atoms with van der Waals surface area (Å²) in [6.07, 6.45) is 2.67. The van der Waals surface area contributed by atoms with E-state index < -0.39 is 10.0 Å². The van der Waals surface area contributed by atoms with Crippen molar-refractivity contribution in [3.63, 3.8) is 0 Å². The van der Waals surface area contributed by atoms with Crippen molar-refractivity contribution in [1.82, 2.24) is 15.6 Å². The van der Waals surface area contributed by atoms with Crippen LogP contribution in [0.15, 0.2) is 39.7 Å². The van der Waals surface area contributed by atoms with Gasteiger partial charge in [0, 0.05) is 37.3 Å². The molecule has 0 radical (unpaired) electrons. The van der Waals surface area contributed by atoms with Gasteiger partial charge >= 0.3 is 0 Å². The van der Waals surface area contributed by atoms with Gasteiger partial charge in [-0.1, -0.05) is 11.6 Å². The normalized spacial score (nSPS) is 17.3. The molecule has 1 aliphatic heterocycles. The van der Waals surface area contributed by atoms with Gasteiger partial charge in [0.25, 0.3) is 0 Å². The number of sulfonamides is 1. The molecule has 0 aromatic carbocycles. The van der Waals surface area contributed by atoms with Crippen molar-refractivity contribution in [3.8, 4) is 0 Å². The molecule has 1 fully saturated rings. The molecule has 0 amide bonds. The van der Waals surface area contributed by atoms with Crippen LogP contribution in [-0.2, 0) is 16.6 Å². The third kappa shape index (κ3) is 5.92. The first-order valence-electron chi connectivity index (χ1n) is 8.31. The Kier molecular flexibility index (Phi) is 8.30. The number of aromatic nitrogens is 1. The average Bonchev–Trinajstić information content (AvgIpc) is 3.28. The Bertz CT molecular complexity index is 937. The molecule has 12 heteroatoms. The quantitative estimate of drug-likeness (QED) is 0.295. The van der Waals surface area contributed by atoms with E-state index in [9.17, 15) is 8.42 Å². The molecule has 2 aromatic rings. The molecule has 3 rings (SSSR count). The number of hydrogen-bond acceptors (Lipinski definition) is 6. The van der Waals surface area contributed by atoms with E-state index in [0.29, 0.717) is 17.5 Å². The molecule has 4 N–H and O–H groups in total. The topological polar surface area (TPSA) is 113 Å². The van der Waals surface area contributed by atoms with Crippen LogP contribution in [0.4, 0.5) is 5.82 Å². The number of thiophene rings is 1. The van der Waals surface area contributed by atoms with E-state index in [1.807, 2.05) is 12.1 Å². The van der Waals surface area contributed by atoms with Crippen molar-refractivity contribution in [1.29, 1.82) is 0 Å². The Morgan fingerprint density at radius 1 is 1.46 bits per heavy atom. The highest BCUT2D eigenvalue weighted by Crippen LogP contribution is 2.25. The number of aliphatic imine (C=N–C) groups is 1. The molecule has 1 saturated heterocycles. The lowest BCUT2D eigenvalue weighted by Gasteiger charge is -2.20. The minimum atomic E-state index is -3.66. The summed E-state index contributed by atoms with van der Waals surface area (Å²) in [5, 5.41) is 12.4. The number of primary sulfonamides is 1. The molecule has 8 nitrogen and oxygen atoms in total. The standard InChI is InChI=1S/C16H21ClN6O2S2.HI/c1-19-16(21-9-12-4-5-14(26-12)27(18,24)25)22-11-6-8-23(10-11)15-13(17)3-2-7-20-15;/h2-5,7,11H,6,8-10H2,1H3,(H2,18,24,25)(H2,19,21,22);1H. The second kappa shape index (κ2) is 10.1. The molecular formula is C16H22ClIN6O2S2. The summed E-state index contributed by atoms with van der Waals surface area (Å²) in [5.74, 6) is 1.44. The summed E-state index contributed by atoms with van der Waals surface area (Å²) >= 11 is 7.37. The number of rotatable bonds is 5. The predicted molar refractivity (Wildman–Crippen MR) is 124 cm³/mol. The van der Waals surface area contributed by atoms with Crippen molar-refractivity contribution < 1.29 is 8.42 Å². The fourth-order valence-corrected chi connectivity index (χ4v) is 4.80. The lowest BCUT2D eigenvalue weighted by Crippen LogP contribution is -2.44. The number of nitrogens with two attached hydrogens (primary N) is 1. The van der Waals surface area contributed by atoms with Gasteiger partial charge in [-0.3, -0.25) is 4.99 Å². The van der Waals surface area contributed by atoms with Gasteiger partial charge in [0.05, 0.1) is 11.6 Å². The molecular weight excluding hydrogens is 535 g/mol. The minimum Gasteiger partial charge on any atom is -0.353 e. The zero-order chi connectivity index (χ0) is 19.4. The van der Waals surface area contributed by atoms with Crippen molar-refractivity contribution in [3.05, 3.63) is 40.4 Å². The highest BCUT2D eigenvalue weighted by molar-refractivity contribution is 14.0. The van der Waals surface area contributed by atoms with Gasteiger partial charge in [0.2, 0.25) is 10.0 Å². The van der Waals surface area contributed by atoms with Crippen LogP contribution in [0.25, 0.3) is 0 Å². The van der Waals surface area contributed by atoms with E-state index in [-0.39, 0.29) is 34.2 Å². The van der Waals surface area contributed by atoms with Gasteiger partial charge < -0.3 is 15.5 Å². The molecule has 28 heavy (non-hydrogen) atoms. The van der Waals surface area contributed by atoms with Crippen LogP contribution in [-0.4, -0.2) is 45.5 Å². The number of hydrogen-bond donors (Lipinski definition) is 3. The lowest BCUT2D eigenvalue weighted by molar-refractivity contribution is 0.600. The fourth-order valence-electron chi connectivity index (χ4n) is 2.85. The van der Waals surface area contributed by atoms with Crippen molar-refractivity contribution >= 4 is 68.7 Å². The predicted octanol–water partition coefficient (Wildman–Crippen LogP) is 2.01. The number of guanidine groups is 1. The van der Waals surface area contributed by atoms with Gasteiger partial charge in [0.15, 0.2) is 5.96 Å². The van der Waals surface area contributed by atoms with E-state index in [4.69, 9.17) is 16.7 Å². The van der Waals surface area contributed by atoms with E-state index >= 15 is 0 Å². The van der Waals surface area contributed by atoms with Crippen molar-refractivity contribution in [2.75, 3.05) is 25.0 Å². The van der Waals surface area contributed by atoms with Crippen molar-refractivity contribution in [2.24, 2.45) is 10.1 Å². The molecule has 2 aromatic heterocycles. The molecule has 0 aliphatic carbocycles. The Balaban J connectivity index is 0.00000280. The van der Waals surface area contributed by atoms with Gasteiger partial charge in [-0.25, -0.2) is 18.5 Å². The molecule has 1 atom stereocenters. The van der Waals surface area contributed by atoms with Gasteiger partial charge in [-0.2, -0.15) is 0 Å². The zero-order valence-corrected chi connectivity index (χ0v) is 19.9. The van der Waals surface area contributed by atoms with Crippen LogP contribution in [0, 0.1) is 0 Å². The van der Waals surface area contributed by atoms with Crippen LogP contribution in [0.1, 0.15) is 11.3 Å². The molecule has 0 saturated carbocycles.